The van der Waals surface area contributed by atoms with E-state index in [2.05, 4.69) is 10.3 Å². The molecule has 3 aromatic carbocycles. The number of rotatable bonds is 6. The minimum atomic E-state index is -1.64. The largest absolute Gasteiger partial charge is 0.482 e. The molecule has 1 aromatic heterocycles. The highest BCUT2D eigenvalue weighted by molar-refractivity contribution is 7.22. The van der Waals surface area contributed by atoms with E-state index in [1.54, 1.807) is 12.1 Å². The van der Waals surface area contributed by atoms with Crippen molar-refractivity contribution < 1.29 is 32.2 Å². The van der Waals surface area contributed by atoms with Crippen molar-refractivity contribution >= 4 is 49.3 Å². The van der Waals surface area contributed by atoms with E-state index >= 15 is 0 Å². The summed E-state index contributed by atoms with van der Waals surface area (Å²) in [6.45, 7) is -1.04. The van der Waals surface area contributed by atoms with Crippen molar-refractivity contribution in [1.29, 1.82) is 0 Å². The van der Waals surface area contributed by atoms with Crippen molar-refractivity contribution in [2.75, 3.05) is 18.5 Å². The number of esters is 1. The van der Waals surface area contributed by atoms with Crippen LogP contribution >= 0.6 is 11.3 Å². The number of carbonyl (C=O) groups excluding carboxylic acids is 2. The van der Waals surface area contributed by atoms with Crippen molar-refractivity contribution in [2.24, 2.45) is 0 Å². The van der Waals surface area contributed by atoms with Crippen molar-refractivity contribution in [2.45, 2.75) is 0 Å². The number of amides is 1. The number of hydrogen-bond donors (Lipinski definition) is 1. The molecule has 0 unspecified atom stereocenters. The smallest absolute Gasteiger partial charge is 0.344 e. The summed E-state index contributed by atoms with van der Waals surface area (Å²) < 4.78 is 50.5. The van der Waals surface area contributed by atoms with Crippen LogP contribution in [0.4, 0.5) is 18.3 Å². The van der Waals surface area contributed by atoms with Gasteiger partial charge in [0.2, 0.25) is 0 Å². The number of thiazole rings is 1. The number of anilines is 1. The zero-order valence-corrected chi connectivity index (χ0v) is 16.5. The van der Waals surface area contributed by atoms with E-state index in [-0.39, 0.29) is 9.83 Å². The average Bonchev–Trinajstić information content (AvgIpc) is 3.16. The molecule has 0 aliphatic rings. The SMILES string of the molecule is O=C(COC(=O)COc1ccc2ccccc2c1)Nc1nc2c(F)c(F)c(F)cc2s1. The van der Waals surface area contributed by atoms with E-state index < -0.39 is 48.1 Å². The number of nitrogens with one attached hydrogen (secondary N) is 1. The predicted octanol–water partition coefficient (Wildman–Crippen LogP) is 4.43. The van der Waals surface area contributed by atoms with E-state index in [0.29, 0.717) is 5.75 Å². The Morgan fingerprint density at radius 3 is 2.55 bits per heavy atom. The van der Waals surface area contributed by atoms with Gasteiger partial charge in [-0.15, -0.1) is 0 Å². The number of benzene rings is 3. The Morgan fingerprint density at radius 1 is 0.968 bits per heavy atom. The molecule has 0 bridgehead atoms. The Bertz CT molecular complexity index is 1310. The molecule has 158 valence electrons. The van der Waals surface area contributed by atoms with E-state index in [0.717, 1.165) is 28.2 Å². The summed E-state index contributed by atoms with van der Waals surface area (Å²) in [5.74, 6) is -5.50. The van der Waals surface area contributed by atoms with Gasteiger partial charge in [-0.2, -0.15) is 0 Å². The molecule has 0 fully saturated rings. The van der Waals surface area contributed by atoms with Gasteiger partial charge in [0, 0.05) is 0 Å². The van der Waals surface area contributed by atoms with E-state index in [4.69, 9.17) is 9.47 Å². The van der Waals surface area contributed by atoms with Gasteiger partial charge in [0.25, 0.3) is 5.91 Å². The quantitative estimate of drug-likeness (QED) is 0.350. The third kappa shape index (κ3) is 4.58. The summed E-state index contributed by atoms with van der Waals surface area (Å²) in [5.41, 5.74) is -0.403. The summed E-state index contributed by atoms with van der Waals surface area (Å²) in [6, 6.07) is 13.7. The van der Waals surface area contributed by atoms with Crippen LogP contribution in [0.2, 0.25) is 0 Å². The van der Waals surface area contributed by atoms with Gasteiger partial charge >= 0.3 is 5.97 Å². The summed E-state index contributed by atoms with van der Waals surface area (Å²) in [7, 11) is 0. The van der Waals surface area contributed by atoms with Crippen LogP contribution in [0, 0.1) is 17.5 Å². The molecule has 4 rings (SSSR count). The second-order valence-electron chi connectivity index (χ2n) is 6.36. The molecule has 0 radical (unpaired) electrons. The molecule has 0 spiro atoms. The lowest BCUT2D eigenvalue weighted by Crippen LogP contribution is -2.23. The highest BCUT2D eigenvalue weighted by atomic mass is 32.1. The molecule has 10 heteroatoms. The summed E-state index contributed by atoms with van der Waals surface area (Å²) in [6.07, 6.45) is 0. The van der Waals surface area contributed by atoms with Gasteiger partial charge in [-0.05, 0) is 29.0 Å². The van der Waals surface area contributed by atoms with Crippen LogP contribution in [0.25, 0.3) is 21.0 Å². The Kier molecular flexibility index (Phi) is 5.72. The van der Waals surface area contributed by atoms with Gasteiger partial charge in [0.05, 0.1) is 4.70 Å². The third-order valence-corrected chi connectivity index (χ3v) is 5.13. The number of carbonyl (C=O) groups is 2. The molecule has 0 aliphatic carbocycles. The number of nitrogens with zero attached hydrogens (tertiary/aromatic N) is 1. The number of fused-ring (bicyclic) bond motifs is 2. The van der Waals surface area contributed by atoms with Gasteiger partial charge < -0.3 is 9.47 Å². The molecule has 1 amide bonds. The summed E-state index contributed by atoms with van der Waals surface area (Å²) >= 11 is 0.750. The molecular weight excluding hydrogens is 433 g/mol. The second kappa shape index (κ2) is 8.60. The van der Waals surface area contributed by atoms with Crippen LogP contribution in [0.1, 0.15) is 0 Å². The lowest BCUT2D eigenvalue weighted by molar-refractivity contribution is -0.149. The lowest BCUT2D eigenvalue weighted by atomic mass is 10.1. The fourth-order valence-corrected chi connectivity index (χ4v) is 3.67. The molecular formula is C21H13F3N2O4S. The van der Waals surface area contributed by atoms with Gasteiger partial charge in [-0.25, -0.2) is 22.9 Å². The molecule has 0 aliphatic heterocycles. The minimum absolute atomic E-state index is 0.0208. The Morgan fingerprint density at radius 2 is 1.74 bits per heavy atom. The maximum Gasteiger partial charge on any atom is 0.344 e. The monoisotopic (exact) mass is 446 g/mol. The summed E-state index contributed by atoms with van der Waals surface area (Å²) in [5, 5.41) is 4.16. The van der Waals surface area contributed by atoms with E-state index in [1.165, 1.54) is 0 Å². The van der Waals surface area contributed by atoms with Gasteiger partial charge in [-0.1, -0.05) is 41.7 Å². The van der Waals surface area contributed by atoms with Gasteiger partial charge in [0.1, 0.15) is 11.3 Å². The fourth-order valence-electron chi connectivity index (χ4n) is 2.77. The van der Waals surface area contributed by atoms with Gasteiger partial charge in [0.15, 0.2) is 35.8 Å². The average molecular weight is 446 g/mol. The van der Waals surface area contributed by atoms with Crippen LogP contribution in [0.5, 0.6) is 5.75 Å². The van der Waals surface area contributed by atoms with E-state index in [9.17, 15) is 22.8 Å². The second-order valence-corrected chi connectivity index (χ2v) is 7.39. The summed E-state index contributed by atoms with van der Waals surface area (Å²) in [4.78, 5) is 27.5. The highest BCUT2D eigenvalue weighted by Crippen LogP contribution is 2.30. The molecule has 1 N–H and O–H groups in total. The van der Waals surface area contributed by atoms with Crippen molar-refractivity contribution in [3.8, 4) is 5.75 Å². The molecule has 6 nitrogen and oxygen atoms in total. The van der Waals surface area contributed by atoms with Crippen LogP contribution in [-0.4, -0.2) is 30.1 Å². The van der Waals surface area contributed by atoms with Crippen molar-refractivity contribution in [3.05, 3.63) is 66.0 Å². The fraction of sp³-hybridized carbons (Fsp3) is 0.0952. The lowest BCUT2D eigenvalue weighted by Gasteiger charge is -2.08. The number of halogens is 3. The normalized spacial score (nSPS) is 10.9. The number of ether oxygens (including phenoxy) is 2. The molecule has 1 heterocycles. The van der Waals surface area contributed by atoms with Crippen LogP contribution in [0.3, 0.4) is 0 Å². The standard InChI is InChI=1S/C21H13F3N2O4S/c22-14-8-15-20(19(24)18(14)23)26-21(31-15)25-16(27)9-30-17(28)10-29-13-6-5-11-3-1-2-4-12(11)7-13/h1-8H,9-10H2,(H,25,26,27). The minimum Gasteiger partial charge on any atom is -0.482 e. The van der Waals surface area contributed by atoms with Crippen LogP contribution < -0.4 is 10.1 Å². The van der Waals surface area contributed by atoms with Crippen molar-refractivity contribution in [1.82, 2.24) is 4.98 Å². The Labute approximate surface area is 177 Å². The molecule has 31 heavy (non-hydrogen) atoms. The zero-order valence-electron chi connectivity index (χ0n) is 15.7. The molecule has 0 saturated heterocycles. The first-order valence-electron chi connectivity index (χ1n) is 8.92. The maximum absolute atomic E-state index is 13.7. The Balaban J connectivity index is 1.29. The number of hydrogen-bond acceptors (Lipinski definition) is 6. The zero-order chi connectivity index (χ0) is 22.0. The predicted molar refractivity (Wildman–Crippen MR) is 109 cm³/mol. The third-order valence-electron chi connectivity index (χ3n) is 4.21. The Hall–Kier alpha value is -3.66. The first-order chi connectivity index (χ1) is 14.9. The molecule has 4 aromatic rings. The van der Waals surface area contributed by atoms with Crippen LogP contribution in [-0.2, 0) is 14.3 Å². The van der Waals surface area contributed by atoms with E-state index in [1.807, 2.05) is 30.3 Å². The van der Waals surface area contributed by atoms with Crippen LogP contribution in [0.15, 0.2) is 48.5 Å². The van der Waals surface area contributed by atoms with Gasteiger partial charge in [-0.3, -0.25) is 10.1 Å². The topological polar surface area (TPSA) is 77.5 Å². The maximum atomic E-state index is 13.7. The first-order valence-corrected chi connectivity index (χ1v) is 9.73. The number of aromatic nitrogens is 1. The highest BCUT2D eigenvalue weighted by Gasteiger charge is 2.18. The molecule has 0 atom stereocenters. The van der Waals surface area contributed by atoms with Crippen molar-refractivity contribution in [3.63, 3.8) is 0 Å². The molecule has 0 saturated carbocycles. The first kappa shape index (κ1) is 20.6.